The van der Waals surface area contributed by atoms with E-state index >= 15 is 0 Å². The van der Waals surface area contributed by atoms with Crippen LogP contribution in [0, 0.1) is 23.8 Å². The molecule has 3 rings (SSSR count). The van der Waals surface area contributed by atoms with Gasteiger partial charge in [0.2, 0.25) is 5.95 Å². The molecular weight excluding hydrogens is 388 g/mol. The van der Waals surface area contributed by atoms with Gasteiger partial charge < -0.3 is 11.1 Å². The van der Waals surface area contributed by atoms with Crippen molar-refractivity contribution < 1.29 is 0 Å². The van der Waals surface area contributed by atoms with E-state index in [9.17, 15) is 5.26 Å². The Labute approximate surface area is 181 Å². The third-order valence-electron chi connectivity index (χ3n) is 4.80. The number of hydrogen-bond acceptors (Lipinski definition) is 8. The molecular formula is C23H24N8. The number of hydrogen-bond donors (Lipinski definition) is 3. The number of anilines is 1. The minimum atomic E-state index is 0.0649. The molecule has 0 aliphatic rings. The van der Waals surface area contributed by atoms with Crippen LogP contribution in [0.4, 0.5) is 5.95 Å². The predicted octanol–water partition coefficient (Wildman–Crippen LogP) is 4.54. The smallest absolute Gasteiger partial charge is 0.221 e. The fraction of sp³-hybridized carbons (Fsp3) is 0.217. The van der Waals surface area contributed by atoms with Crippen LogP contribution in [0.2, 0.25) is 0 Å². The second-order valence-corrected chi connectivity index (χ2v) is 7.32. The van der Waals surface area contributed by atoms with Gasteiger partial charge in [-0.1, -0.05) is 32.0 Å². The molecule has 0 fully saturated rings. The van der Waals surface area contributed by atoms with Gasteiger partial charge in [-0.3, -0.25) is 4.98 Å². The van der Waals surface area contributed by atoms with Crippen LogP contribution in [0.25, 0.3) is 17.0 Å². The molecule has 0 spiro atoms. The molecule has 0 aliphatic carbocycles. The van der Waals surface area contributed by atoms with Gasteiger partial charge in [0.05, 0.1) is 35.3 Å². The standard InChI is InChI=1S/C23H24N8/c1-14(2)19-9-5-7-17(28-19)12-27-13-22(31-26)21-10-20(29-23(25)30-21)18-8-4-6-16(11-24)15(18)3/h4-10,13-14,26-27H,12H2,1-3H3,(H2,25,29,30)/b22-13-,31-26?. The Kier molecular flexibility index (Phi) is 6.67. The Balaban J connectivity index is 1.88. The Hall–Kier alpha value is -4.12. The van der Waals surface area contributed by atoms with Gasteiger partial charge in [-0.05, 0) is 42.7 Å². The quantitative estimate of drug-likeness (QED) is 0.487. The number of pyridine rings is 1. The molecule has 0 unspecified atom stereocenters. The third kappa shape index (κ3) is 5.08. The van der Waals surface area contributed by atoms with Gasteiger partial charge >= 0.3 is 0 Å². The molecule has 0 radical (unpaired) electrons. The summed E-state index contributed by atoms with van der Waals surface area (Å²) >= 11 is 0. The molecule has 2 heterocycles. The number of benzene rings is 1. The number of nitrogen functional groups attached to an aromatic ring is 1. The van der Waals surface area contributed by atoms with Gasteiger partial charge in [0, 0.05) is 17.5 Å². The largest absolute Gasteiger partial charge is 0.383 e. The van der Waals surface area contributed by atoms with Crippen LogP contribution in [0.3, 0.4) is 0 Å². The maximum Gasteiger partial charge on any atom is 0.221 e. The molecule has 4 N–H and O–H groups in total. The highest BCUT2D eigenvalue weighted by Gasteiger charge is 2.12. The maximum atomic E-state index is 9.29. The number of nitriles is 1. The summed E-state index contributed by atoms with van der Waals surface area (Å²) in [5.41, 5.74) is 18.9. The predicted molar refractivity (Wildman–Crippen MR) is 120 cm³/mol. The summed E-state index contributed by atoms with van der Waals surface area (Å²) < 4.78 is 0. The van der Waals surface area contributed by atoms with Crippen molar-refractivity contribution in [1.82, 2.24) is 20.3 Å². The molecule has 3 aromatic rings. The highest BCUT2D eigenvalue weighted by atomic mass is 15.1. The van der Waals surface area contributed by atoms with Crippen molar-refractivity contribution in [3.8, 4) is 17.3 Å². The molecule has 0 aliphatic heterocycles. The Bertz CT molecular complexity index is 1170. The summed E-state index contributed by atoms with van der Waals surface area (Å²) in [4.78, 5) is 13.2. The molecule has 0 bridgehead atoms. The Morgan fingerprint density at radius 2 is 2.00 bits per heavy atom. The van der Waals surface area contributed by atoms with Crippen molar-refractivity contribution in [3.05, 3.63) is 76.9 Å². The summed E-state index contributed by atoms with van der Waals surface area (Å²) in [7, 11) is 0. The lowest BCUT2D eigenvalue weighted by Crippen LogP contribution is -2.09. The van der Waals surface area contributed by atoms with Gasteiger partial charge in [0.25, 0.3) is 0 Å². The van der Waals surface area contributed by atoms with E-state index in [-0.39, 0.29) is 5.95 Å². The Morgan fingerprint density at radius 1 is 1.23 bits per heavy atom. The SMILES string of the molecule is Cc1c(C#N)cccc1-c1cc(/C(=C/NCc2cccc(C(C)C)n2)N=N)nc(N)n1. The average Bonchev–Trinajstić information content (AvgIpc) is 2.76. The molecule has 0 atom stereocenters. The molecule has 1 aromatic carbocycles. The van der Waals surface area contributed by atoms with E-state index in [0.29, 0.717) is 35.1 Å². The van der Waals surface area contributed by atoms with E-state index in [1.165, 1.54) is 0 Å². The topological polar surface area (TPSA) is 137 Å². The lowest BCUT2D eigenvalue weighted by molar-refractivity contribution is 0.776. The minimum Gasteiger partial charge on any atom is -0.383 e. The van der Waals surface area contributed by atoms with E-state index < -0.39 is 0 Å². The maximum absolute atomic E-state index is 9.29. The van der Waals surface area contributed by atoms with E-state index in [1.807, 2.05) is 31.2 Å². The summed E-state index contributed by atoms with van der Waals surface area (Å²) in [6, 6.07) is 15.2. The zero-order chi connectivity index (χ0) is 22.4. The van der Waals surface area contributed by atoms with Crippen LogP contribution in [0.15, 0.2) is 53.8 Å². The van der Waals surface area contributed by atoms with Crippen LogP contribution >= 0.6 is 0 Å². The van der Waals surface area contributed by atoms with Crippen LogP contribution in [0.5, 0.6) is 0 Å². The van der Waals surface area contributed by atoms with Gasteiger partial charge in [0.15, 0.2) is 0 Å². The molecule has 31 heavy (non-hydrogen) atoms. The van der Waals surface area contributed by atoms with Gasteiger partial charge in [-0.25, -0.2) is 15.5 Å². The number of rotatable bonds is 7. The number of aromatic nitrogens is 3. The first-order valence-electron chi connectivity index (χ1n) is 9.84. The first kappa shape index (κ1) is 21.6. The van der Waals surface area contributed by atoms with E-state index in [4.69, 9.17) is 11.3 Å². The zero-order valence-corrected chi connectivity index (χ0v) is 17.7. The third-order valence-corrected chi connectivity index (χ3v) is 4.80. The van der Waals surface area contributed by atoms with Crippen LogP contribution in [0.1, 0.15) is 48.0 Å². The highest BCUT2D eigenvalue weighted by molar-refractivity contribution is 5.71. The molecule has 0 saturated carbocycles. The first-order chi connectivity index (χ1) is 14.9. The average molecular weight is 413 g/mol. The van der Waals surface area contributed by atoms with E-state index in [1.54, 1.807) is 24.4 Å². The van der Waals surface area contributed by atoms with Gasteiger partial charge in [0.1, 0.15) is 5.70 Å². The zero-order valence-electron chi connectivity index (χ0n) is 17.7. The molecule has 2 aromatic heterocycles. The second-order valence-electron chi connectivity index (χ2n) is 7.32. The summed E-state index contributed by atoms with van der Waals surface area (Å²) in [5.74, 6) is 0.412. The van der Waals surface area contributed by atoms with Crippen molar-refractivity contribution in [2.45, 2.75) is 33.2 Å². The molecule has 8 nitrogen and oxygen atoms in total. The Morgan fingerprint density at radius 3 is 2.71 bits per heavy atom. The van der Waals surface area contributed by atoms with E-state index in [0.717, 1.165) is 22.5 Å². The van der Waals surface area contributed by atoms with E-state index in [2.05, 4.69) is 45.3 Å². The summed E-state index contributed by atoms with van der Waals surface area (Å²) in [5, 5.41) is 16.0. The molecule has 0 amide bonds. The summed E-state index contributed by atoms with van der Waals surface area (Å²) in [6.07, 6.45) is 1.61. The minimum absolute atomic E-state index is 0.0649. The fourth-order valence-electron chi connectivity index (χ4n) is 3.10. The molecule has 0 saturated heterocycles. The van der Waals surface area contributed by atoms with Gasteiger partial charge in [-0.2, -0.15) is 10.4 Å². The normalized spacial score (nSPS) is 11.3. The first-order valence-corrected chi connectivity index (χ1v) is 9.84. The molecule has 8 heteroatoms. The lowest BCUT2D eigenvalue weighted by atomic mass is 10.00. The number of nitrogens with one attached hydrogen (secondary N) is 2. The van der Waals surface area contributed by atoms with Crippen LogP contribution < -0.4 is 11.1 Å². The number of nitrogens with zero attached hydrogens (tertiary/aromatic N) is 5. The van der Waals surface area contributed by atoms with Crippen molar-refractivity contribution >= 4 is 11.6 Å². The van der Waals surface area contributed by atoms with Crippen molar-refractivity contribution in [2.24, 2.45) is 5.11 Å². The second kappa shape index (κ2) is 9.59. The molecule has 156 valence electrons. The summed E-state index contributed by atoms with van der Waals surface area (Å²) in [6.45, 7) is 6.54. The van der Waals surface area contributed by atoms with Crippen LogP contribution in [-0.4, -0.2) is 15.0 Å². The van der Waals surface area contributed by atoms with Gasteiger partial charge in [-0.15, -0.1) is 0 Å². The fourth-order valence-corrected chi connectivity index (χ4v) is 3.10. The lowest BCUT2D eigenvalue weighted by Gasteiger charge is -2.10. The van der Waals surface area contributed by atoms with Crippen molar-refractivity contribution in [2.75, 3.05) is 5.73 Å². The monoisotopic (exact) mass is 412 g/mol. The highest BCUT2D eigenvalue weighted by Crippen LogP contribution is 2.27. The van der Waals surface area contributed by atoms with Crippen molar-refractivity contribution in [3.63, 3.8) is 0 Å². The van der Waals surface area contributed by atoms with Crippen LogP contribution in [-0.2, 0) is 6.54 Å². The van der Waals surface area contributed by atoms with Crippen molar-refractivity contribution in [1.29, 1.82) is 10.8 Å². The number of nitrogens with two attached hydrogens (primary N) is 1.